The van der Waals surface area contributed by atoms with E-state index in [1.54, 1.807) is 0 Å². The molecule has 0 aliphatic carbocycles. The van der Waals surface area contributed by atoms with E-state index in [1.807, 2.05) is 0 Å². The van der Waals surface area contributed by atoms with Crippen molar-refractivity contribution in [1.29, 1.82) is 0 Å². The maximum absolute atomic E-state index is 12.3. The molecule has 0 saturated carbocycles. The van der Waals surface area contributed by atoms with Crippen molar-refractivity contribution >= 4 is 6.29 Å². The van der Waals surface area contributed by atoms with Gasteiger partial charge in [-0.05, 0) is 0 Å². The lowest BCUT2D eigenvalue weighted by Crippen LogP contribution is -2.24. The zero-order chi connectivity index (χ0) is 12.6. The van der Waals surface area contributed by atoms with Crippen LogP contribution in [-0.4, -0.2) is 22.2 Å². The minimum Gasteiger partial charge on any atom is -0.298 e. The maximum atomic E-state index is 12.3. The number of carbonyl (C=O) groups excluding carboxylic acids is 1. The largest absolute Gasteiger partial charge is 0.433 e. The quantitative estimate of drug-likeness (QED) is 0.592. The Balaban J connectivity index is 3.21. The van der Waals surface area contributed by atoms with Gasteiger partial charge in [-0.3, -0.25) is 9.48 Å². The Kier molecular flexibility index (Phi) is 2.97. The Hall–Kier alpha value is -1.54. The SMILES string of the molecule is O=Cc1cnn(CC(F)(F)F)c1C(F)(F)F. The van der Waals surface area contributed by atoms with Crippen molar-refractivity contribution in [2.45, 2.75) is 18.9 Å². The molecule has 1 aromatic heterocycles. The molecule has 1 aromatic rings. The summed E-state index contributed by atoms with van der Waals surface area (Å²) >= 11 is 0. The smallest absolute Gasteiger partial charge is 0.298 e. The fourth-order valence-corrected chi connectivity index (χ4v) is 1.09. The summed E-state index contributed by atoms with van der Waals surface area (Å²) in [6, 6.07) is 0. The first-order valence-corrected chi connectivity index (χ1v) is 3.80. The van der Waals surface area contributed by atoms with Crippen LogP contribution in [0.4, 0.5) is 26.3 Å². The average molecular weight is 246 g/mol. The number of hydrogen-bond acceptors (Lipinski definition) is 2. The number of hydrogen-bond donors (Lipinski definition) is 0. The number of aldehydes is 1. The molecule has 0 fully saturated rings. The van der Waals surface area contributed by atoms with E-state index in [0.717, 1.165) is 0 Å². The summed E-state index contributed by atoms with van der Waals surface area (Å²) in [7, 11) is 0. The van der Waals surface area contributed by atoms with Gasteiger partial charge >= 0.3 is 12.4 Å². The molecule has 16 heavy (non-hydrogen) atoms. The molecule has 1 heterocycles. The number of halogens is 6. The molecule has 0 aromatic carbocycles. The third kappa shape index (κ3) is 2.74. The van der Waals surface area contributed by atoms with E-state index >= 15 is 0 Å². The molecule has 0 radical (unpaired) electrons. The van der Waals surface area contributed by atoms with Gasteiger partial charge in [0.1, 0.15) is 6.54 Å². The van der Waals surface area contributed by atoms with Gasteiger partial charge in [-0.15, -0.1) is 0 Å². The number of nitrogens with zero attached hydrogens (tertiary/aromatic N) is 2. The van der Waals surface area contributed by atoms with Gasteiger partial charge in [-0.25, -0.2) is 0 Å². The lowest BCUT2D eigenvalue weighted by atomic mass is 10.2. The minimum absolute atomic E-state index is 0.192. The molecule has 0 unspecified atom stereocenters. The number of alkyl halides is 6. The zero-order valence-electron chi connectivity index (χ0n) is 7.43. The average Bonchev–Trinajstić information content (AvgIpc) is 2.43. The van der Waals surface area contributed by atoms with Crippen LogP contribution in [0.3, 0.4) is 0 Å². The van der Waals surface area contributed by atoms with Gasteiger partial charge in [0.2, 0.25) is 0 Å². The second kappa shape index (κ2) is 3.80. The normalized spacial score (nSPS) is 12.9. The van der Waals surface area contributed by atoms with Crippen molar-refractivity contribution < 1.29 is 31.1 Å². The molecule has 0 N–H and O–H groups in total. The van der Waals surface area contributed by atoms with Crippen LogP contribution in [0.5, 0.6) is 0 Å². The van der Waals surface area contributed by atoms with Gasteiger partial charge in [-0.1, -0.05) is 0 Å². The molecule has 90 valence electrons. The molecular formula is C7H4F6N2O. The fourth-order valence-electron chi connectivity index (χ4n) is 1.09. The summed E-state index contributed by atoms with van der Waals surface area (Å²) in [6.45, 7) is -1.89. The summed E-state index contributed by atoms with van der Waals surface area (Å²) in [5.74, 6) is 0. The summed E-state index contributed by atoms with van der Waals surface area (Å²) < 4.78 is 72.4. The maximum Gasteiger partial charge on any atom is 0.433 e. The molecule has 3 nitrogen and oxygen atoms in total. The highest BCUT2D eigenvalue weighted by Crippen LogP contribution is 2.32. The summed E-state index contributed by atoms with van der Waals surface area (Å²) in [5.41, 5.74) is -2.61. The minimum atomic E-state index is -5.06. The van der Waals surface area contributed by atoms with Crippen LogP contribution in [0.2, 0.25) is 0 Å². The molecule has 0 atom stereocenters. The van der Waals surface area contributed by atoms with Crippen LogP contribution < -0.4 is 0 Å². The predicted molar refractivity (Wildman–Crippen MR) is 38.7 cm³/mol. The molecule has 1 rings (SSSR count). The van der Waals surface area contributed by atoms with Crippen LogP contribution in [-0.2, 0) is 12.7 Å². The van der Waals surface area contributed by atoms with Gasteiger partial charge in [0.05, 0.1) is 11.8 Å². The van der Waals surface area contributed by atoms with Crippen molar-refractivity contribution in [3.63, 3.8) is 0 Å². The van der Waals surface area contributed by atoms with Crippen LogP contribution in [0.15, 0.2) is 6.20 Å². The molecule has 0 bridgehead atoms. The van der Waals surface area contributed by atoms with E-state index in [-0.39, 0.29) is 11.0 Å². The summed E-state index contributed by atoms with van der Waals surface area (Å²) in [5, 5.41) is 2.88. The lowest BCUT2D eigenvalue weighted by molar-refractivity contribution is -0.161. The molecule has 0 aliphatic rings. The predicted octanol–water partition coefficient (Wildman–Crippen LogP) is 2.28. The van der Waals surface area contributed by atoms with Crippen molar-refractivity contribution in [2.75, 3.05) is 0 Å². The van der Waals surface area contributed by atoms with E-state index in [0.29, 0.717) is 6.20 Å². The Morgan fingerprint density at radius 2 is 1.81 bits per heavy atom. The van der Waals surface area contributed by atoms with Crippen molar-refractivity contribution in [3.05, 3.63) is 17.5 Å². The third-order valence-corrected chi connectivity index (χ3v) is 1.59. The molecule has 0 amide bonds. The molecular weight excluding hydrogens is 242 g/mol. The van der Waals surface area contributed by atoms with Crippen molar-refractivity contribution in [3.8, 4) is 0 Å². The van der Waals surface area contributed by atoms with Crippen LogP contribution in [0.1, 0.15) is 16.1 Å². The van der Waals surface area contributed by atoms with Gasteiger partial charge in [0.25, 0.3) is 0 Å². The van der Waals surface area contributed by atoms with E-state index in [1.165, 1.54) is 0 Å². The first-order chi connectivity index (χ1) is 7.15. The molecule has 0 aliphatic heterocycles. The van der Waals surface area contributed by atoms with Gasteiger partial charge < -0.3 is 0 Å². The fraction of sp³-hybridized carbons (Fsp3) is 0.429. The van der Waals surface area contributed by atoms with Crippen molar-refractivity contribution in [2.24, 2.45) is 0 Å². The molecule has 9 heteroatoms. The van der Waals surface area contributed by atoms with E-state index in [2.05, 4.69) is 5.10 Å². The van der Waals surface area contributed by atoms with Crippen LogP contribution in [0.25, 0.3) is 0 Å². The highest BCUT2D eigenvalue weighted by molar-refractivity contribution is 5.76. The lowest BCUT2D eigenvalue weighted by Gasteiger charge is -2.12. The number of carbonyl (C=O) groups is 1. The molecule has 0 spiro atoms. The van der Waals surface area contributed by atoms with Gasteiger partial charge in [-0.2, -0.15) is 31.4 Å². The van der Waals surface area contributed by atoms with Crippen LogP contribution in [0, 0.1) is 0 Å². The Morgan fingerprint density at radius 3 is 2.19 bits per heavy atom. The Morgan fingerprint density at radius 1 is 1.25 bits per heavy atom. The van der Waals surface area contributed by atoms with Crippen molar-refractivity contribution in [1.82, 2.24) is 9.78 Å². The zero-order valence-corrected chi connectivity index (χ0v) is 7.43. The molecule has 0 saturated heterocycles. The first-order valence-electron chi connectivity index (χ1n) is 3.80. The van der Waals surface area contributed by atoms with E-state index < -0.39 is 30.2 Å². The Bertz CT molecular complexity index is 391. The van der Waals surface area contributed by atoms with E-state index in [4.69, 9.17) is 0 Å². The second-order valence-electron chi connectivity index (χ2n) is 2.84. The number of aromatic nitrogens is 2. The second-order valence-corrected chi connectivity index (χ2v) is 2.84. The first kappa shape index (κ1) is 12.5. The number of rotatable bonds is 2. The Labute approximate surface area is 84.7 Å². The standard InChI is InChI=1S/C7H4F6N2O/c8-6(9,10)3-15-5(7(11,12)13)4(2-16)1-14-15/h1-2H,3H2. The van der Waals surface area contributed by atoms with E-state index in [9.17, 15) is 31.1 Å². The van der Waals surface area contributed by atoms with Gasteiger partial charge in [0, 0.05) is 0 Å². The monoisotopic (exact) mass is 246 g/mol. The highest BCUT2D eigenvalue weighted by atomic mass is 19.4. The highest BCUT2D eigenvalue weighted by Gasteiger charge is 2.41. The van der Waals surface area contributed by atoms with Gasteiger partial charge in [0.15, 0.2) is 12.0 Å². The summed E-state index contributed by atoms with van der Waals surface area (Å²) in [6.07, 6.45) is -9.64. The van der Waals surface area contributed by atoms with Crippen LogP contribution >= 0.6 is 0 Å². The topological polar surface area (TPSA) is 34.9 Å². The summed E-state index contributed by atoms with van der Waals surface area (Å²) in [4.78, 5) is 10.2. The third-order valence-electron chi connectivity index (χ3n) is 1.59.